The average molecular weight is 533 g/mol. The number of anilines is 1. The highest BCUT2D eigenvalue weighted by atomic mass is 16.2. The fourth-order valence-corrected chi connectivity index (χ4v) is 4.73. The number of rotatable bonds is 11. The number of amides is 4. The van der Waals surface area contributed by atoms with Crippen molar-refractivity contribution in [2.75, 3.05) is 51.6 Å². The first kappa shape index (κ1) is 27.8. The molecule has 1 aliphatic heterocycles. The van der Waals surface area contributed by atoms with Crippen molar-refractivity contribution in [1.82, 2.24) is 25.4 Å². The topological polar surface area (TPSA) is 127 Å². The van der Waals surface area contributed by atoms with Crippen LogP contribution in [0.15, 0.2) is 54.7 Å². The molecule has 0 saturated carbocycles. The Labute approximate surface area is 228 Å². The predicted molar refractivity (Wildman–Crippen MR) is 151 cm³/mol. The molecule has 206 valence electrons. The van der Waals surface area contributed by atoms with Crippen LogP contribution in [-0.2, 0) is 4.79 Å². The van der Waals surface area contributed by atoms with E-state index in [1.807, 2.05) is 25.2 Å². The summed E-state index contributed by atoms with van der Waals surface area (Å²) in [5.74, 6) is -1.31. The number of para-hydroxylation sites is 1. The van der Waals surface area contributed by atoms with E-state index in [-0.39, 0.29) is 30.6 Å². The van der Waals surface area contributed by atoms with Crippen LogP contribution in [0.5, 0.6) is 0 Å². The number of hydrogen-bond donors (Lipinski definition) is 4. The molecule has 0 unspecified atom stereocenters. The summed E-state index contributed by atoms with van der Waals surface area (Å²) in [4.78, 5) is 57.5. The molecule has 39 heavy (non-hydrogen) atoms. The molecule has 2 heterocycles. The molecule has 1 saturated heterocycles. The van der Waals surface area contributed by atoms with E-state index in [2.05, 4.69) is 20.9 Å². The van der Waals surface area contributed by atoms with Gasteiger partial charge in [0.25, 0.3) is 17.6 Å². The minimum atomic E-state index is -0.621. The Morgan fingerprint density at radius 3 is 2.23 bits per heavy atom. The van der Waals surface area contributed by atoms with Crippen molar-refractivity contribution < 1.29 is 19.2 Å². The van der Waals surface area contributed by atoms with Gasteiger partial charge in [0.05, 0.1) is 16.8 Å². The standard InChI is InChI=1S/C29H36N6O4/c1-30-14-7-2-3-8-15-31-29(39)33-24-13-9-12-22-23(20-32-25(22)24)26(36)28(38)35-18-16-34(17-19-35)27(37)21-10-5-4-6-11-21/h4-6,9-13,20,30,32H,2-3,7-8,14-19H2,1H3,(H2,31,33,39). The van der Waals surface area contributed by atoms with E-state index in [1.165, 1.54) is 11.1 Å². The van der Waals surface area contributed by atoms with Gasteiger partial charge in [0.1, 0.15) is 0 Å². The van der Waals surface area contributed by atoms with Crippen LogP contribution in [0.2, 0.25) is 0 Å². The summed E-state index contributed by atoms with van der Waals surface area (Å²) in [5, 5.41) is 9.38. The predicted octanol–water partition coefficient (Wildman–Crippen LogP) is 3.24. The Bertz CT molecular complexity index is 1300. The number of unbranched alkanes of at least 4 members (excludes halogenated alkanes) is 3. The SMILES string of the molecule is CNCCCCCCNC(=O)Nc1cccc2c(C(=O)C(=O)N3CCN(C(=O)c4ccccc4)CC3)c[nH]c12. The van der Waals surface area contributed by atoms with Crippen molar-refractivity contribution in [2.45, 2.75) is 25.7 Å². The summed E-state index contributed by atoms with van der Waals surface area (Å²) in [6, 6.07) is 13.9. The first-order valence-electron chi connectivity index (χ1n) is 13.5. The van der Waals surface area contributed by atoms with E-state index in [0.29, 0.717) is 41.8 Å². The summed E-state index contributed by atoms with van der Waals surface area (Å²) in [7, 11) is 1.94. The van der Waals surface area contributed by atoms with Gasteiger partial charge < -0.3 is 30.7 Å². The van der Waals surface area contributed by atoms with Crippen molar-refractivity contribution in [1.29, 1.82) is 0 Å². The quantitative estimate of drug-likeness (QED) is 0.171. The molecule has 1 fully saturated rings. The van der Waals surface area contributed by atoms with E-state index < -0.39 is 11.7 Å². The zero-order valence-electron chi connectivity index (χ0n) is 22.3. The van der Waals surface area contributed by atoms with Crippen LogP contribution in [0.4, 0.5) is 10.5 Å². The number of nitrogens with one attached hydrogen (secondary N) is 4. The monoisotopic (exact) mass is 532 g/mol. The number of H-pyrrole nitrogens is 1. The molecule has 4 N–H and O–H groups in total. The van der Waals surface area contributed by atoms with Gasteiger partial charge >= 0.3 is 6.03 Å². The molecule has 1 aliphatic rings. The lowest BCUT2D eigenvalue weighted by molar-refractivity contribution is -0.127. The molecular formula is C29H36N6O4. The number of urea groups is 1. The number of piperazine rings is 1. The van der Waals surface area contributed by atoms with E-state index in [4.69, 9.17) is 0 Å². The number of fused-ring (bicyclic) bond motifs is 1. The maximum Gasteiger partial charge on any atom is 0.319 e. The van der Waals surface area contributed by atoms with Crippen LogP contribution in [0.3, 0.4) is 0 Å². The van der Waals surface area contributed by atoms with E-state index >= 15 is 0 Å². The first-order valence-corrected chi connectivity index (χ1v) is 13.5. The minimum Gasteiger partial charge on any atom is -0.359 e. The molecule has 0 atom stereocenters. The molecular weight excluding hydrogens is 496 g/mol. The van der Waals surface area contributed by atoms with Crippen LogP contribution in [0.25, 0.3) is 10.9 Å². The highest BCUT2D eigenvalue weighted by molar-refractivity contribution is 6.45. The molecule has 0 radical (unpaired) electrons. The molecule has 0 spiro atoms. The number of carbonyl (C=O) groups is 4. The van der Waals surface area contributed by atoms with Crippen molar-refractivity contribution in [3.63, 3.8) is 0 Å². The van der Waals surface area contributed by atoms with Gasteiger partial charge in [-0.2, -0.15) is 0 Å². The van der Waals surface area contributed by atoms with Crippen molar-refractivity contribution in [3.8, 4) is 0 Å². The van der Waals surface area contributed by atoms with E-state index in [9.17, 15) is 19.2 Å². The fourth-order valence-electron chi connectivity index (χ4n) is 4.73. The molecule has 10 heteroatoms. The van der Waals surface area contributed by atoms with Gasteiger partial charge in [-0.15, -0.1) is 0 Å². The summed E-state index contributed by atoms with van der Waals surface area (Å²) in [6.45, 7) is 2.87. The second-order valence-corrected chi connectivity index (χ2v) is 9.61. The lowest BCUT2D eigenvalue weighted by atomic mass is 10.1. The first-order chi connectivity index (χ1) is 19.0. The Morgan fingerprint density at radius 1 is 0.821 bits per heavy atom. The van der Waals surface area contributed by atoms with Crippen LogP contribution in [-0.4, -0.2) is 84.7 Å². The van der Waals surface area contributed by atoms with Crippen LogP contribution in [0.1, 0.15) is 46.4 Å². The smallest absolute Gasteiger partial charge is 0.319 e. The van der Waals surface area contributed by atoms with Gasteiger partial charge in [0, 0.05) is 49.9 Å². The van der Waals surface area contributed by atoms with Crippen molar-refractivity contribution in [3.05, 3.63) is 65.9 Å². The number of hydrogen-bond acceptors (Lipinski definition) is 5. The second kappa shape index (κ2) is 13.6. The maximum absolute atomic E-state index is 13.2. The summed E-state index contributed by atoms with van der Waals surface area (Å²) >= 11 is 0. The number of benzene rings is 2. The van der Waals surface area contributed by atoms with E-state index in [0.717, 1.165) is 32.2 Å². The number of carbonyl (C=O) groups excluding carboxylic acids is 4. The van der Waals surface area contributed by atoms with Gasteiger partial charge in [-0.05, 0) is 44.6 Å². The van der Waals surface area contributed by atoms with Gasteiger partial charge in [0.15, 0.2) is 0 Å². The van der Waals surface area contributed by atoms with Crippen LogP contribution >= 0.6 is 0 Å². The Morgan fingerprint density at radius 2 is 1.51 bits per heavy atom. The van der Waals surface area contributed by atoms with Crippen LogP contribution in [0, 0.1) is 0 Å². The molecule has 4 amide bonds. The summed E-state index contributed by atoms with van der Waals surface area (Å²) < 4.78 is 0. The van der Waals surface area contributed by atoms with Crippen molar-refractivity contribution in [2.24, 2.45) is 0 Å². The Hall–Kier alpha value is -4.18. The molecule has 1 aromatic heterocycles. The molecule has 4 rings (SSSR count). The minimum absolute atomic E-state index is 0.0840. The molecule has 0 bridgehead atoms. The third-order valence-corrected chi connectivity index (χ3v) is 6.92. The average Bonchev–Trinajstić information content (AvgIpc) is 3.41. The zero-order valence-corrected chi connectivity index (χ0v) is 22.3. The summed E-state index contributed by atoms with van der Waals surface area (Å²) in [5.41, 5.74) is 1.96. The number of aromatic nitrogens is 1. The van der Waals surface area contributed by atoms with Crippen LogP contribution < -0.4 is 16.0 Å². The molecule has 3 aromatic rings. The lowest BCUT2D eigenvalue weighted by Crippen LogP contribution is -2.52. The third kappa shape index (κ3) is 7.02. The molecule has 2 aromatic carbocycles. The second-order valence-electron chi connectivity index (χ2n) is 9.61. The maximum atomic E-state index is 13.2. The number of aromatic amines is 1. The van der Waals surface area contributed by atoms with Crippen molar-refractivity contribution >= 4 is 40.2 Å². The number of ketones is 1. The Balaban J connectivity index is 1.32. The van der Waals surface area contributed by atoms with Gasteiger partial charge in [-0.3, -0.25) is 14.4 Å². The molecule has 10 nitrogen and oxygen atoms in total. The van der Waals surface area contributed by atoms with E-state index in [1.54, 1.807) is 35.2 Å². The zero-order chi connectivity index (χ0) is 27.6. The fraction of sp³-hybridized carbons (Fsp3) is 0.379. The Kier molecular flexibility index (Phi) is 9.69. The van der Waals surface area contributed by atoms with Gasteiger partial charge in [0.2, 0.25) is 0 Å². The van der Waals surface area contributed by atoms with Gasteiger partial charge in [-0.1, -0.05) is 43.2 Å². The van der Waals surface area contributed by atoms with Gasteiger partial charge in [-0.25, -0.2) is 4.79 Å². The lowest BCUT2D eigenvalue weighted by Gasteiger charge is -2.34. The normalized spacial score (nSPS) is 13.4. The molecule has 0 aliphatic carbocycles. The number of Topliss-reactive ketones (excluding diaryl/α,β-unsaturated/α-hetero) is 1. The highest BCUT2D eigenvalue weighted by Crippen LogP contribution is 2.26. The summed E-state index contributed by atoms with van der Waals surface area (Å²) in [6.07, 6.45) is 5.69. The number of nitrogens with zero attached hydrogens (tertiary/aromatic N) is 2. The largest absolute Gasteiger partial charge is 0.359 e. The highest BCUT2D eigenvalue weighted by Gasteiger charge is 2.30. The third-order valence-electron chi connectivity index (χ3n) is 6.92.